The van der Waals surface area contributed by atoms with Crippen LogP contribution in [0.15, 0.2) is 48.5 Å². The van der Waals surface area contributed by atoms with Gasteiger partial charge in [-0.1, -0.05) is 12.1 Å². The Morgan fingerprint density at radius 1 is 0.921 bits per heavy atom. The minimum absolute atomic E-state index is 0.0407. The average molecular weight is 532 g/mol. The number of aliphatic hydroxyl groups is 2. The number of carbonyl (C=O) groups excluding carboxylic acids is 4. The predicted octanol–water partition coefficient (Wildman–Crippen LogP) is -0.352. The summed E-state index contributed by atoms with van der Waals surface area (Å²) in [5.74, 6) is -2.20. The van der Waals surface area contributed by atoms with Gasteiger partial charge in [-0.25, -0.2) is 0 Å². The highest BCUT2D eigenvalue weighted by Gasteiger charge is 2.28. The van der Waals surface area contributed by atoms with Crippen molar-refractivity contribution >= 4 is 23.7 Å². The summed E-state index contributed by atoms with van der Waals surface area (Å²) in [6.07, 6.45) is -2.84. The zero-order valence-electron chi connectivity index (χ0n) is 21.3. The molecule has 38 heavy (non-hydrogen) atoms. The third kappa shape index (κ3) is 9.37. The SMILES string of the molecule is COC(=O)C[C@@H](O)[C@H](Cc1ccc(O)cc1)NC(=O)CNC(=O)[C@H](NC(=O)c1ccc(OC)cc1)[C@@H](C)O. The van der Waals surface area contributed by atoms with Crippen LogP contribution < -0.4 is 20.7 Å². The molecular weight excluding hydrogens is 498 g/mol. The van der Waals surface area contributed by atoms with E-state index in [4.69, 9.17) is 4.74 Å². The van der Waals surface area contributed by atoms with Crippen LogP contribution >= 0.6 is 0 Å². The molecule has 0 spiro atoms. The molecule has 0 aromatic heterocycles. The van der Waals surface area contributed by atoms with Gasteiger partial charge >= 0.3 is 5.97 Å². The Morgan fingerprint density at radius 2 is 1.55 bits per heavy atom. The zero-order chi connectivity index (χ0) is 28.2. The number of nitrogens with one attached hydrogen (secondary N) is 3. The molecule has 0 saturated heterocycles. The standard InChI is InChI=1S/C26H33N3O9/c1-15(30)24(29-25(35)17-6-10-19(37-2)11-7-17)26(36)27-14-22(33)28-20(21(32)13-23(34)38-3)12-16-4-8-18(31)9-5-16/h4-11,15,20-21,24,30-32H,12-14H2,1-3H3,(H,27,36)(H,28,33)(H,29,35)/t15-,20+,21-,24-/m1/s1. The number of esters is 1. The van der Waals surface area contributed by atoms with Gasteiger partial charge in [0.1, 0.15) is 17.5 Å². The summed E-state index contributed by atoms with van der Waals surface area (Å²) in [5, 5.41) is 37.4. The number of rotatable bonds is 13. The Hall–Kier alpha value is -4.16. The molecular formula is C26H33N3O9. The van der Waals surface area contributed by atoms with Crippen molar-refractivity contribution in [1.82, 2.24) is 16.0 Å². The predicted molar refractivity (Wildman–Crippen MR) is 135 cm³/mol. The normalized spacial score (nSPS) is 13.8. The summed E-state index contributed by atoms with van der Waals surface area (Å²) in [4.78, 5) is 49.4. The summed E-state index contributed by atoms with van der Waals surface area (Å²) in [5.41, 5.74) is 0.898. The number of aliphatic hydroxyl groups excluding tert-OH is 2. The Balaban J connectivity index is 2.01. The lowest BCUT2D eigenvalue weighted by atomic mass is 9.99. The van der Waals surface area contributed by atoms with Gasteiger partial charge in [-0.3, -0.25) is 19.2 Å². The summed E-state index contributed by atoms with van der Waals surface area (Å²) in [6, 6.07) is 9.92. The van der Waals surface area contributed by atoms with E-state index in [-0.39, 0.29) is 24.2 Å². The molecule has 3 amide bonds. The fourth-order valence-electron chi connectivity index (χ4n) is 3.47. The summed E-state index contributed by atoms with van der Waals surface area (Å²) >= 11 is 0. The number of ether oxygens (including phenoxy) is 2. The molecule has 6 N–H and O–H groups in total. The van der Waals surface area contributed by atoms with Gasteiger partial charge in [0.05, 0.1) is 45.4 Å². The summed E-state index contributed by atoms with van der Waals surface area (Å²) in [7, 11) is 2.65. The van der Waals surface area contributed by atoms with Gasteiger partial charge in [0.2, 0.25) is 11.8 Å². The third-order valence-corrected chi connectivity index (χ3v) is 5.63. The zero-order valence-corrected chi connectivity index (χ0v) is 21.3. The van der Waals surface area contributed by atoms with E-state index < -0.39 is 54.5 Å². The Bertz CT molecular complexity index is 1090. The second kappa shape index (κ2) is 14.5. The van der Waals surface area contributed by atoms with Gasteiger partial charge in [0.25, 0.3) is 5.91 Å². The number of methoxy groups -OCH3 is 2. The van der Waals surface area contributed by atoms with Gasteiger partial charge in [-0.05, 0) is 55.3 Å². The van der Waals surface area contributed by atoms with Crippen molar-refractivity contribution in [3.05, 3.63) is 59.7 Å². The van der Waals surface area contributed by atoms with Crippen molar-refractivity contribution < 1.29 is 44.0 Å². The van der Waals surface area contributed by atoms with Crippen LogP contribution in [-0.2, 0) is 25.5 Å². The van der Waals surface area contributed by atoms with E-state index in [1.807, 2.05) is 0 Å². The van der Waals surface area contributed by atoms with Crippen LogP contribution in [0.2, 0.25) is 0 Å². The lowest BCUT2D eigenvalue weighted by molar-refractivity contribution is -0.143. The maximum absolute atomic E-state index is 12.7. The van der Waals surface area contributed by atoms with Gasteiger partial charge in [-0.15, -0.1) is 0 Å². The van der Waals surface area contributed by atoms with Crippen LogP contribution in [0.25, 0.3) is 0 Å². The van der Waals surface area contributed by atoms with Crippen molar-refractivity contribution in [2.75, 3.05) is 20.8 Å². The molecule has 0 aliphatic rings. The van der Waals surface area contributed by atoms with E-state index in [1.54, 1.807) is 24.3 Å². The first kappa shape index (κ1) is 30.1. The molecule has 206 valence electrons. The monoisotopic (exact) mass is 531 g/mol. The fraction of sp³-hybridized carbons (Fsp3) is 0.385. The van der Waals surface area contributed by atoms with Crippen LogP contribution in [-0.4, -0.2) is 84.1 Å². The van der Waals surface area contributed by atoms with Crippen molar-refractivity contribution in [3.63, 3.8) is 0 Å². The molecule has 12 nitrogen and oxygen atoms in total. The highest BCUT2D eigenvalue weighted by Crippen LogP contribution is 2.14. The summed E-state index contributed by atoms with van der Waals surface area (Å²) in [6.45, 7) is 0.785. The van der Waals surface area contributed by atoms with Crippen LogP contribution in [0.3, 0.4) is 0 Å². The third-order valence-electron chi connectivity index (χ3n) is 5.63. The summed E-state index contributed by atoms with van der Waals surface area (Å²) < 4.78 is 9.62. The molecule has 0 aliphatic carbocycles. The number of hydrogen-bond donors (Lipinski definition) is 6. The molecule has 2 aromatic carbocycles. The molecule has 0 heterocycles. The average Bonchev–Trinajstić information content (AvgIpc) is 2.90. The van der Waals surface area contributed by atoms with Gasteiger partial charge in [-0.2, -0.15) is 0 Å². The topological polar surface area (TPSA) is 184 Å². The molecule has 4 atom stereocenters. The number of phenolic OH excluding ortho intramolecular Hbond substituents is 1. The minimum atomic E-state index is -1.35. The number of aromatic hydroxyl groups is 1. The second-order valence-electron chi connectivity index (χ2n) is 8.53. The van der Waals surface area contributed by atoms with Gasteiger partial charge < -0.3 is 40.7 Å². The van der Waals surface area contributed by atoms with E-state index in [1.165, 1.54) is 45.4 Å². The number of carbonyl (C=O) groups is 4. The highest BCUT2D eigenvalue weighted by atomic mass is 16.5. The van der Waals surface area contributed by atoms with E-state index >= 15 is 0 Å². The first-order valence-electron chi connectivity index (χ1n) is 11.8. The van der Waals surface area contributed by atoms with Crippen molar-refractivity contribution in [2.45, 2.75) is 44.1 Å². The largest absolute Gasteiger partial charge is 0.508 e. The van der Waals surface area contributed by atoms with Crippen molar-refractivity contribution in [3.8, 4) is 11.5 Å². The first-order chi connectivity index (χ1) is 18.0. The molecule has 2 rings (SSSR count). The van der Waals surface area contributed by atoms with E-state index in [9.17, 15) is 34.5 Å². The Kier molecular flexibility index (Phi) is 11.5. The lowest BCUT2D eigenvalue weighted by Gasteiger charge is -2.25. The van der Waals surface area contributed by atoms with Crippen LogP contribution in [0.1, 0.15) is 29.3 Å². The quantitative estimate of drug-likeness (QED) is 0.188. The molecule has 2 aromatic rings. The minimum Gasteiger partial charge on any atom is -0.508 e. The Morgan fingerprint density at radius 3 is 2.11 bits per heavy atom. The number of amides is 3. The van der Waals surface area contributed by atoms with Crippen molar-refractivity contribution in [2.24, 2.45) is 0 Å². The second-order valence-corrected chi connectivity index (χ2v) is 8.53. The van der Waals surface area contributed by atoms with Crippen LogP contribution in [0.4, 0.5) is 0 Å². The molecule has 12 heteroatoms. The maximum atomic E-state index is 12.7. The number of benzene rings is 2. The van der Waals surface area contributed by atoms with Crippen LogP contribution in [0, 0.1) is 0 Å². The fourth-order valence-corrected chi connectivity index (χ4v) is 3.47. The number of phenols is 1. The maximum Gasteiger partial charge on any atom is 0.308 e. The van der Waals surface area contributed by atoms with Gasteiger partial charge in [0.15, 0.2) is 0 Å². The molecule has 0 radical (unpaired) electrons. The molecule has 0 unspecified atom stereocenters. The molecule has 0 bridgehead atoms. The molecule has 0 fully saturated rings. The van der Waals surface area contributed by atoms with E-state index in [0.717, 1.165) is 0 Å². The number of hydrogen-bond acceptors (Lipinski definition) is 9. The lowest BCUT2D eigenvalue weighted by Crippen LogP contribution is -2.55. The Labute approximate surface area is 220 Å². The smallest absolute Gasteiger partial charge is 0.308 e. The van der Waals surface area contributed by atoms with Crippen LogP contribution in [0.5, 0.6) is 11.5 Å². The highest BCUT2D eigenvalue weighted by molar-refractivity contribution is 5.98. The van der Waals surface area contributed by atoms with Crippen molar-refractivity contribution in [1.29, 1.82) is 0 Å². The van der Waals surface area contributed by atoms with E-state index in [2.05, 4.69) is 20.7 Å². The van der Waals surface area contributed by atoms with Gasteiger partial charge in [0, 0.05) is 5.56 Å². The molecule has 0 aliphatic heterocycles. The van der Waals surface area contributed by atoms with E-state index in [0.29, 0.717) is 11.3 Å². The molecule has 0 saturated carbocycles. The first-order valence-corrected chi connectivity index (χ1v) is 11.8.